The van der Waals surface area contributed by atoms with Gasteiger partial charge < -0.3 is 39.8 Å². The Morgan fingerprint density at radius 3 is 1.23 bits per heavy atom. The molecule has 2 aromatic heterocycles. The van der Waals surface area contributed by atoms with Gasteiger partial charge in [0.25, 0.3) is 0 Å². The Hall–Kier alpha value is -4.26. The Balaban J connectivity index is 0.000000177. The van der Waals surface area contributed by atoms with E-state index in [-0.39, 0.29) is 42.1 Å². The number of nitrogens with zero attached hydrogens (tertiary/aromatic N) is 10. The van der Waals surface area contributed by atoms with E-state index < -0.39 is 0 Å². The van der Waals surface area contributed by atoms with Crippen molar-refractivity contribution in [3.63, 3.8) is 0 Å². The van der Waals surface area contributed by atoms with Gasteiger partial charge in [-0.15, -0.1) is 11.4 Å². The summed E-state index contributed by atoms with van der Waals surface area (Å²) in [6.07, 6.45) is 5.56. The van der Waals surface area contributed by atoms with Crippen LogP contribution in [0.15, 0.2) is 122 Å². The zero-order chi connectivity index (χ0) is 29.0. The zero-order valence-corrected chi connectivity index (χ0v) is 28.4. The molecule has 44 heavy (non-hydrogen) atoms. The van der Waals surface area contributed by atoms with Crippen molar-refractivity contribution < 1.29 is 42.1 Å². The predicted molar refractivity (Wildman–Crippen MR) is 164 cm³/mol. The SMILES string of the molecule is CN1[CH-]N(c2[c-]cccc2)c2ccccc21.CN1[CH-]N(c2[c-]cccc2)c2ccccc21.[Pt].[Pt].c1nc[n-]n1.c1nc[n-]n1. The van der Waals surface area contributed by atoms with E-state index in [9.17, 15) is 0 Å². The number of hydrogen-bond acceptors (Lipinski definition) is 8. The van der Waals surface area contributed by atoms with Crippen LogP contribution < -0.4 is 29.8 Å². The summed E-state index contributed by atoms with van der Waals surface area (Å²) in [4.78, 5) is 15.5. The molecular weight excluding hydrogens is 915 g/mol. The van der Waals surface area contributed by atoms with Gasteiger partial charge in [0.2, 0.25) is 0 Å². The minimum absolute atomic E-state index is 0. The van der Waals surface area contributed by atoms with Crippen molar-refractivity contribution in [1.82, 2.24) is 30.4 Å². The van der Waals surface area contributed by atoms with E-state index >= 15 is 0 Å². The summed E-state index contributed by atoms with van der Waals surface area (Å²) in [6, 6.07) is 39.2. The Morgan fingerprint density at radius 2 is 0.932 bits per heavy atom. The molecule has 0 bridgehead atoms. The van der Waals surface area contributed by atoms with E-state index in [1.165, 1.54) is 48.1 Å². The standard InChI is InChI=1S/2C14H12N2.2C2H2N3.2Pt/c2*1-15-11-16(12-7-3-2-4-8-12)14-10-6-5-9-13(14)15;2*1-3-2-5-4-1;;/h2*2-7,9-11H,1H3;2*1-2H;;/q2*-2;2*-1;;. The van der Waals surface area contributed by atoms with Crippen molar-refractivity contribution in [2.24, 2.45) is 0 Å². The summed E-state index contributed by atoms with van der Waals surface area (Å²) < 4.78 is 0. The van der Waals surface area contributed by atoms with Crippen molar-refractivity contribution in [3.05, 3.63) is 148 Å². The molecule has 0 amide bonds. The van der Waals surface area contributed by atoms with Gasteiger partial charge in [0.05, 0.1) is 0 Å². The van der Waals surface area contributed by atoms with Crippen LogP contribution in [0.4, 0.5) is 34.1 Å². The molecule has 2 aliphatic heterocycles. The molecule has 10 nitrogen and oxygen atoms in total. The van der Waals surface area contributed by atoms with Crippen LogP contribution in [-0.2, 0) is 42.1 Å². The zero-order valence-electron chi connectivity index (χ0n) is 23.8. The van der Waals surface area contributed by atoms with Crippen LogP contribution in [-0.4, -0.2) is 34.3 Å². The van der Waals surface area contributed by atoms with Crippen LogP contribution in [0.2, 0.25) is 0 Å². The third-order valence-corrected chi connectivity index (χ3v) is 6.13. The Kier molecular flexibility index (Phi) is 13.8. The summed E-state index contributed by atoms with van der Waals surface area (Å²) in [5.74, 6) is 0. The average Bonchev–Trinajstić information content (AvgIpc) is 3.89. The third-order valence-electron chi connectivity index (χ3n) is 6.13. The molecule has 232 valence electrons. The molecule has 0 spiro atoms. The number of anilines is 6. The van der Waals surface area contributed by atoms with E-state index in [1.54, 1.807) is 0 Å². The van der Waals surface area contributed by atoms with Gasteiger partial charge in [0, 0.05) is 77.5 Å². The van der Waals surface area contributed by atoms with Gasteiger partial charge in [-0.3, -0.25) is 10.2 Å². The summed E-state index contributed by atoms with van der Waals surface area (Å²) >= 11 is 0. The van der Waals surface area contributed by atoms with Crippen molar-refractivity contribution >= 4 is 34.1 Å². The monoisotopic (exact) mass is 942 g/mol. The maximum absolute atomic E-state index is 3.50. The Bertz CT molecular complexity index is 1430. The smallest absolute Gasteiger partial charge is 0.0326 e. The molecule has 0 N–H and O–H groups in total. The molecular formula is C32H28N10Pt2-6. The number of para-hydroxylation sites is 6. The molecule has 2 aliphatic rings. The van der Waals surface area contributed by atoms with Crippen LogP contribution in [0.25, 0.3) is 0 Å². The molecule has 0 atom stereocenters. The first-order valence-electron chi connectivity index (χ1n) is 13.0. The number of benzene rings is 4. The van der Waals surface area contributed by atoms with Crippen LogP contribution in [0, 0.1) is 25.5 Å². The molecule has 0 unspecified atom stereocenters. The first-order valence-corrected chi connectivity index (χ1v) is 13.0. The van der Waals surface area contributed by atoms with Crippen LogP contribution in [0.1, 0.15) is 0 Å². The molecule has 4 heterocycles. The van der Waals surface area contributed by atoms with Gasteiger partial charge in [-0.2, -0.15) is 74.0 Å². The molecule has 8 rings (SSSR count). The molecule has 0 aliphatic carbocycles. The maximum Gasteiger partial charge on any atom is 0.0326 e. The Labute approximate surface area is 286 Å². The fourth-order valence-corrected chi connectivity index (χ4v) is 4.28. The van der Waals surface area contributed by atoms with E-state index in [0.29, 0.717) is 0 Å². The Morgan fingerprint density at radius 1 is 0.545 bits per heavy atom. The molecule has 12 heteroatoms. The van der Waals surface area contributed by atoms with Gasteiger partial charge in [-0.25, -0.2) is 0 Å². The first-order chi connectivity index (χ1) is 20.7. The molecule has 0 saturated heterocycles. The van der Waals surface area contributed by atoms with Crippen LogP contribution >= 0.6 is 0 Å². The van der Waals surface area contributed by atoms with Crippen molar-refractivity contribution in [2.75, 3.05) is 33.7 Å². The summed E-state index contributed by atoms with van der Waals surface area (Å²) in [5.41, 5.74) is 6.98. The number of rotatable bonds is 2. The summed E-state index contributed by atoms with van der Waals surface area (Å²) in [6.45, 7) is 4.16. The third kappa shape index (κ3) is 8.88. The number of fused-ring (bicyclic) bond motifs is 2. The minimum atomic E-state index is 0. The molecule has 0 saturated carbocycles. The van der Waals surface area contributed by atoms with E-state index in [4.69, 9.17) is 0 Å². The molecule has 6 aromatic rings. The fourth-order valence-electron chi connectivity index (χ4n) is 4.28. The fraction of sp³-hybridized carbons (Fsp3) is 0.0625. The number of aromatic nitrogens is 6. The van der Waals surface area contributed by atoms with Crippen LogP contribution in [0.5, 0.6) is 0 Å². The van der Waals surface area contributed by atoms with Crippen LogP contribution in [0.3, 0.4) is 0 Å². The summed E-state index contributed by atoms with van der Waals surface area (Å²) in [7, 11) is 4.11. The van der Waals surface area contributed by atoms with Gasteiger partial charge in [0.1, 0.15) is 0 Å². The minimum Gasteiger partial charge on any atom is -0.504 e. The molecule has 4 aromatic carbocycles. The second-order valence-corrected chi connectivity index (χ2v) is 8.89. The predicted octanol–water partition coefficient (Wildman–Crippen LogP) is 5.25. The average molecular weight is 943 g/mol. The van der Waals surface area contributed by atoms with E-state index in [0.717, 1.165) is 11.4 Å². The normalized spacial score (nSPS) is 12.0. The van der Waals surface area contributed by atoms with Crippen molar-refractivity contribution in [2.45, 2.75) is 0 Å². The largest absolute Gasteiger partial charge is 0.504 e. The van der Waals surface area contributed by atoms with E-state index in [1.807, 2.05) is 36.4 Å². The molecule has 0 fully saturated rings. The summed E-state index contributed by atoms with van der Waals surface area (Å²) in [5, 5.41) is 13.4. The quantitative estimate of drug-likeness (QED) is 0.215. The van der Waals surface area contributed by atoms with Gasteiger partial charge in [0.15, 0.2) is 0 Å². The van der Waals surface area contributed by atoms with Crippen molar-refractivity contribution in [3.8, 4) is 0 Å². The number of hydrogen-bond donors (Lipinski definition) is 0. The molecule has 0 radical (unpaired) electrons. The first kappa shape index (κ1) is 34.2. The van der Waals surface area contributed by atoms with Crippen molar-refractivity contribution in [1.29, 1.82) is 0 Å². The van der Waals surface area contributed by atoms with Gasteiger partial charge in [-0.05, 0) is 38.4 Å². The van der Waals surface area contributed by atoms with Gasteiger partial charge >= 0.3 is 0 Å². The second-order valence-electron chi connectivity index (χ2n) is 8.89. The van der Waals surface area contributed by atoms with Gasteiger partial charge in [-0.1, -0.05) is 36.9 Å². The maximum atomic E-state index is 3.50. The van der Waals surface area contributed by atoms with E-state index in [2.05, 4.69) is 150 Å². The second kappa shape index (κ2) is 17.8. The topological polar surface area (TPSA) is 92.7 Å².